The first-order valence-corrected chi connectivity index (χ1v) is 17.3. The highest BCUT2D eigenvalue weighted by Gasteiger charge is 2.39. The van der Waals surface area contributed by atoms with Crippen molar-refractivity contribution in [2.45, 2.75) is 76.9 Å². The quantitative estimate of drug-likeness (QED) is 0.184. The number of fused-ring (bicyclic) bond motifs is 1. The first-order chi connectivity index (χ1) is 23.0. The second-order valence-corrected chi connectivity index (χ2v) is 15.0. The molecule has 1 heterocycles. The summed E-state index contributed by atoms with van der Waals surface area (Å²) in [5.74, 6) is -0.774. The summed E-state index contributed by atoms with van der Waals surface area (Å²) < 4.78 is 60.8. The summed E-state index contributed by atoms with van der Waals surface area (Å²) in [6.07, 6.45) is -4.89. The number of carbonyl (C=O) groups is 2. The fourth-order valence-corrected chi connectivity index (χ4v) is 7.63. The monoisotopic (exact) mass is 718 g/mol. The predicted octanol–water partition coefficient (Wildman–Crippen LogP) is 10.0. The fourth-order valence-electron chi connectivity index (χ4n) is 6.15. The van der Waals surface area contributed by atoms with Crippen LogP contribution in [0.25, 0.3) is 21.2 Å². The zero-order valence-electron chi connectivity index (χ0n) is 27.7. The number of rotatable bonds is 8. The molecule has 1 saturated carbocycles. The molecular weight excluding hydrogens is 680 g/mol. The maximum absolute atomic E-state index is 15.4. The molecule has 1 N–H and O–H groups in total. The first-order valence-electron chi connectivity index (χ1n) is 16.1. The van der Waals surface area contributed by atoms with Crippen LogP contribution in [-0.4, -0.2) is 58.3 Å². The molecule has 3 aromatic carbocycles. The molecular formula is C37H39ClF4N2O4S. The molecule has 2 amide bonds. The normalized spacial score (nSPS) is 17.5. The van der Waals surface area contributed by atoms with Gasteiger partial charge >= 0.3 is 12.3 Å². The largest absolute Gasteiger partial charge is 0.444 e. The SMILES string of the molecule is CN(C(=O)OC(C)(C)C)C1CCC(CN(Cc2cc(-c3ccc(C(O)C(F)(F)F)cc3)ccc2F)C(=O)c2sc3ccccc3c2Cl)CC1. The Hall–Kier alpha value is -3.67. The average Bonchev–Trinajstić information content (AvgIpc) is 3.39. The summed E-state index contributed by atoms with van der Waals surface area (Å²) >= 11 is 8.00. The van der Waals surface area contributed by atoms with E-state index in [0.717, 1.165) is 35.8 Å². The molecule has 1 unspecified atom stereocenters. The molecule has 5 rings (SSSR count). The van der Waals surface area contributed by atoms with Gasteiger partial charge in [0.1, 0.15) is 16.3 Å². The van der Waals surface area contributed by atoms with E-state index < -0.39 is 23.7 Å². The molecule has 0 bridgehead atoms. The van der Waals surface area contributed by atoms with Gasteiger partial charge in [0, 0.05) is 41.8 Å². The van der Waals surface area contributed by atoms with Gasteiger partial charge in [-0.3, -0.25) is 4.79 Å². The highest BCUT2D eigenvalue weighted by Crippen LogP contribution is 2.38. The van der Waals surface area contributed by atoms with Crippen molar-refractivity contribution in [3.8, 4) is 11.1 Å². The Balaban J connectivity index is 1.38. The van der Waals surface area contributed by atoms with E-state index in [9.17, 15) is 27.9 Å². The van der Waals surface area contributed by atoms with Crippen molar-refractivity contribution in [1.29, 1.82) is 0 Å². The number of amides is 2. The third-order valence-electron chi connectivity index (χ3n) is 8.82. The molecule has 12 heteroatoms. The lowest BCUT2D eigenvalue weighted by molar-refractivity contribution is -0.206. The molecule has 1 aromatic heterocycles. The Kier molecular flexibility index (Phi) is 11.0. The van der Waals surface area contributed by atoms with Crippen LogP contribution in [0.3, 0.4) is 0 Å². The third kappa shape index (κ3) is 8.74. The van der Waals surface area contributed by atoms with E-state index in [2.05, 4.69) is 0 Å². The minimum Gasteiger partial charge on any atom is -0.444 e. The van der Waals surface area contributed by atoms with Crippen molar-refractivity contribution < 1.29 is 37.0 Å². The molecule has 4 aromatic rings. The van der Waals surface area contributed by atoms with Crippen molar-refractivity contribution in [1.82, 2.24) is 9.80 Å². The highest BCUT2D eigenvalue weighted by molar-refractivity contribution is 7.21. The topological polar surface area (TPSA) is 70.1 Å². The van der Waals surface area contributed by atoms with Crippen LogP contribution in [0.2, 0.25) is 5.02 Å². The van der Waals surface area contributed by atoms with Crippen molar-refractivity contribution in [3.05, 3.63) is 93.6 Å². The Labute approximate surface area is 292 Å². The minimum atomic E-state index is -4.80. The lowest BCUT2D eigenvalue weighted by Crippen LogP contribution is -2.43. The number of benzene rings is 3. The lowest BCUT2D eigenvalue weighted by Gasteiger charge is -2.37. The number of carbonyl (C=O) groups excluding carboxylic acids is 2. The van der Waals surface area contributed by atoms with Crippen LogP contribution < -0.4 is 0 Å². The van der Waals surface area contributed by atoms with Crippen molar-refractivity contribution in [2.75, 3.05) is 13.6 Å². The van der Waals surface area contributed by atoms with Crippen LogP contribution in [-0.2, 0) is 11.3 Å². The van der Waals surface area contributed by atoms with Gasteiger partial charge in [0.15, 0.2) is 6.10 Å². The standard InChI is InChI=1S/C37H39ClF4N2O4S/c1-36(2,3)48-35(47)43(4)27-16-9-22(10-17-27)20-44(34(46)32-31(38)28-7-5-6-8-30(28)49-32)21-26-19-25(15-18-29(26)39)23-11-13-24(14-12-23)33(45)37(40,41)42/h5-8,11-15,18-19,22,27,33,45H,9-10,16-17,20-21H2,1-4H3. The number of thiophene rings is 1. The molecule has 0 radical (unpaired) electrons. The first kappa shape index (κ1) is 36.6. The van der Waals surface area contributed by atoms with E-state index in [1.165, 1.54) is 47.7 Å². The summed E-state index contributed by atoms with van der Waals surface area (Å²) in [5.41, 5.74) is 0.395. The van der Waals surface area contributed by atoms with Crippen LogP contribution >= 0.6 is 22.9 Å². The number of hydrogen-bond acceptors (Lipinski definition) is 5. The number of hydrogen-bond donors (Lipinski definition) is 1. The van der Waals surface area contributed by atoms with Crippen LogP contribution in [0, 0.1) is 11.7 Å². The zero-order valence-corrected chi connectivity index (χ0v) is 29.3. The molecule has 0 spiro atoms. The summed E-state index contributed by atoms with van der Waals surface area (Å²) in [5, 5.41) is 10.7. The van der Waals surface area contributed by atoms with Gasteiger partial charge in [-0.1, -0.05) is 60.1 Å². The lowest BCUT2D eigenvalue weighted by atomic mass is 9.85. The maximum atomic E-state index is 15.4. The fraction of sp³-hybridized carbons (Fsp3) is 0.405. The summed E-state index contributed by atoms with van der Waals surface area (Å²) in [7, 11) is 1.74. The van der Waals surface area contributed by atoms with Crippen LogP contribution in [0.5, 0.6) is 0 Å². The van der Waals surface area contributed by atoms with Gasteiger partial charge in [-0.2, -0.15) is 13.2 Å². The van der Waals surface area contributed by atoms with Crippen molar-refractivity contribution in [3.63, 3.8) is 0 Å². The van der Waals surface area contributed by atoms with E-state index in [0.29, 0.717) is 27.6 Å². The van der Waals surface area contributed by atoms with Crippen molar-refractivity contribution in [2.24, 2.45) is 5.92 Å². The van der Waals surface area contributed by atoms with Crippen molar-refractivity contribution >= 4 is 45.0 Å². The van der Waals surface area contributed by atoms with Gasteiger partial charge in [-0.25, -0.2) is 9.18 Å². The van der Waals surface area contributed by atoms with Gasteiger partial charge in [-0.05, 0) is 87.3 Å². The third-order valence-corrected chi connectivity index (χ3v) is 10.5. The van der Waals surface area contributed by atoms with Gasteiger partial charge in [0.25, 0.3) is 5.91 Å². The molecule has 1 atom stereocenters. The predicted molar refractivity (Wildman–Crippen MR) is 184 cm³/mol. The van der Waals surface area contributed by atoms with Crippen LogP contribution in [0.4, 0.5) is 22.4 Å². The second-order valence-electron chi connectivity index (χ2n) is 13.6. The minimum absolute atomic E-state index is 0.00921. The van der Waals surface area contributed by atoms with Gasteiger partial charge in [0.2, 0.25) is 0 Å². The molecule has 1 aliphatic rings. The Morgan fingerprint density at radius 1 is 0.980 bits per heavy atom. The smallest absolute Gasteiger partial charge is 0.418 e. The Bertz CT molecular complexity index is 1800. The molecule has 1 aliphatic carbocycles. The second kappa shape index (κ2) is 14.7. The molecule has 6 nitrogen and oxygen atoms in total. The number of aliphatic hydroxyl groups is 1. The van der Waals surface area contributed by atoms with Gasteiger partial charge < -0.3 is 19.6 Å². The summed E-state index contributed by atoms with van der Waals surface area (Å²) in [4.78, 5) is 30.5. The van der Waals surface area contributed by atoms with E-state index in [4.69, 9.17) is 16.3 Å². The molecule has 49 heavy (non-hydrogen) atoms. The van der Waals surface area contributed by atoms with E-state index >= 15 is 4.39 Å². The van der Waals surface area contributed by atoms with Crippen LogP contribution in [0.1, 0.15) is 73.4 Å². The number of aliphatic hydroxyl groups excluding tert-OH is 1. The van der Waals surface area contributed by atoms with E-state index in [1.54, 1.807) is 22.9 Å². The van der Waals surface area contributed by atoms with E-state index in [1.807, 2.05) is 45.0 Å². The molecule has 1 fully saturated rings. The number of ether oxygens (including phenoxy) is 1. The zero-order chi connectivity index (χ0) is 35.7. The summed E-state index contributed by atoms with van der Waals surface area (Å²) in [6, 6.07) is 17.1. The number of nitrogens with zero attached hydrogens (tertiary/aromatic N) is 2. The van der Waals surface area contributed by atoms with E-state index in [-0.39, 0.29) is 41.6 Å². The Morgan fingerprint density at radius 2 is 1.61 bits per heavy atom. The number of alkyl halides is 3. The summed E-state index contributed by atoms with van der Waals surface area (Å²) in [6.45, 7) is 5.73. The van der Waals surface area contributed by atoms with Gasteiger partial charge in [0.05, 0.1) is 5.02 Å². The maximum Gasteiger partial charge on any atom is 0.418 e. The Morgan fingerprint density at radius 3 is 2.22 bits per heavy atom. The number of halogens is 5. The average molecular weight is 719 g/mol. The highest BCUT2D eigenvalue weighted by atomic mass is 35.5. The molecule has 0 aliphatic heterocycles. The molecule has 0 saturated heterocycles. The van der Waals surface area contributed by atoms with Gasteiger partial charge in [-0.15, -0.1) is 11.3 Å². The van der Waals surface area contributed by atoms with Crippen LogP contribution in [0.15, 0.2) is 66.7 Å². The molecule has 262 valence electrons.